The Morgan fingerprint density at radius 3 is 2.65 bits per heavy atom. The van der Waals surface area contributed by atoms with Crippen molar-refractivity contribution in [2.45, 2.75) is 33.4 Å². The molecule has 2 aromatic rings. The number of hydrogen-bond acceptors (Lipinski definition) is 4. The second-order valence-electron chi connectivity index (χ2n) is 4.85. The summed E-state index contributed by atoms with van der Waals surface area (Å²) in [5.41, 5.74) is 2.56. The molecule has 1 N–H and O–H groups in total. The van der Waals surface area contributed by atoms with Crippen molar-refractivity contribution in [1.82, 2.24) is 9.88 Å². The molecule has 0 aliphatic rings. The highest BCUT2D eigenvalue weighted by atomic mass is 32.1. The minimum absolute atomic E-state index is 0.243. The monoisotopic (exact) mass is 289 g/mol. The van der Waals surface area contributed by atoms with E-state index >= 15 is 0 Å². The van der Waals surface area contributed by atoms with Crippen LogP contribution in [0.25, 0.3) is 0 Å². The quantitative estimate of drug-likeness (QED) is 0.829. The van der Waals surface area contributed by atoms with E-state index in [1.807, 2.05) is 11.6 Å². The van der Waals surface area contributed by atoms with Crippen LogP contribution in [0.2, 0.25) is 0 Å². The van der Waals surface area contributed by atoms with Crippen LogP contribution in [0, 0.1) is 0 Å². The lowest BCUT2D eigenvalue weighted by atomic mass is 10.1. The van der Waals surface area contributed by atoms with Crippen LogP contribution < -0.4 is 5.32 Å². The molecule has 4 heteroatoms. The van der Waals surface area contributed by atoms with E-state index in [1.165, 1.54) is 11.3 Å². The van der Waals surface area contributed by atoms with Crippen LogP contribution in [0.15, 0.2) is 35.8 Å². The first-order valence-electron chi connectivity index (χ1n) is 7.20. The summed E-state index contributed by atoms with van der Waals surface area (Å²) in [7, 11) is 0. The van der Waals surface area contributed by atoms with Crippen LogP contribution in [0.1, 0.15) is 37.4 Å². The van der Waals surface area contributed by atoms with Gasteiger partial charge in [-0.05, 0) is 31.6 Å². The van der Waals surface area contributed by atoms with Gasteiger partial charge in [0.05, 0.1) is 6.04 Å². The van der Waals surface area contributed by atoms with E-state index in [2.05, 4.69) is 60.2 Å². The van der Waals surface area contributed by atoms with Crippen molar-refractivity contribution in [2.24, 2.45) is 0 Å². The summed E-state index contributed by atoms with van der Waals surface area (Å²) in [6, 6.07) is 8.80. The van der Waals surface area contributed by atoms with Gasteiger partial charge in [0.1, 0.15) is 5.01 Å². The maximum Gasteiger partial charge on any atom is 0.115 e. The SMILES string of the molecule is CCN(CC)Cc1ccccc1NC(C)c1nccs1. The first-order chi connectivity index (χ1) is 9.74. The topological polar surface area (TPSA) is 28.2 Å². The Hall–Kier alpha value is -1.39. The van der Waals surface area contributed by atoms with Crippen LogP contribution in [-0.4, -0.2) is 23.0 Å². The molecule has 0 amide bonds. The average molecular weight is 289 g/mol. The van der Waals surface area contributed by atoms with E-state index in [-0.39, 0.29) is 6.04 Å². The number of anilines is 1. The molecule has 1 aromatic heterocycles. The number of rotatable bonds is 7. The highest BCUT2D eigenvalue weighted by molar-refractivity contribution is 7.09. The Balaban J connectivity index is 2.11. The lowest BCUT2D eigenvalue weighted by Crippen LogP contribution is -2.23. The lowest BCUT2D eigenvalue weighted by molar-refractivity contribution is 0.296. The Morgan fingerprint density at radius 2 is 2.00 bits per heavy atom. The van der Waals surface area contributed by atoms with Gasteiger partial charge in [0.15, 0.2) is 0 Å². The maximum atomic E-state index is 4.38. The van der Waals surface area contributed by atoms with Crippen molar-refractivity contribution in [3.63, 3.8) is 0 Å². The minimum atomic E-state index is 0.243. The minimum Gasteiger partial charge on any atom is -0.376 e. The molecule has 1 unspecified atom stereocenters. The van der Waals surface area contributed by atoms with Gasteiger partial charge in [-0.25, -0.2) is 4.98 Å². The van der Waals surface area contributed by atoms with Gasteiger partial charge in [0, 0.05) is 23.8 Å². The molecule has 0 fully saturated rings. The number of nitrogens with zero attached hydrogens (tertiary/aromatic N) is 2. The molecular weight excluding hydrogens is 266 g/mol. The van der Waals surface area contributed by atoms with E-state index in [1.54, 1.807) is 11.3 Å². The fourth-order valence-electron chi connectivity index (χ4n) is 2.23. The molecule has 108 valence electrons. The average Bonchev–Trinajstić information content (AvgIpc) is 3.00. The van der Waals surface area contributed by atoms with Gasteiger partial charge in [-0.1, -0.05) is 32.0 Å². The summed E-state index contributed by atoms with van der Waals surface area (Å²) in [5, 5.41) is 6.74. The van der Waals surface area contributed by atoms with Crippen LogP contribution in [0.5, 0.6) is 0 Å². The first kappa shape index (κ1) is 15.0. The normalized spacial score (nSPS) is 12.6. The number of nitrogens with one attached hydrogen (secondary N) is 1. The fourth-order valence-corrected chi connectivity index (χ4v) is 2.88. The van der Waals surface area contributed by atoms with Crippen LogP contribution >= 0.6 is 11.3 Å². The molecule has 20 heavy (non-hydrogen) atoms. The van der Waals surface area contributed by atoms with Gasteiger partial charge in [-0.3, -0.25) is 4.90 Å². The van der Waals surface area contributed by atoms with E-state index in [4.69, 9.17) is 0 Å². The molecule has 1 heterocycles. The largest absolute Gasteiger partial charge is 0.376 e. The summed E-state index contributed by atoms with van der Waals surface area (Å²) < 4.78 is 0. The van der Waals surface area contributed by atoms with E-state index in [9.17, 15) is 0 Å². The summed E-state index contributed by atoms with van der Waals surface area (Å²) in [4.78, 5) is 6.81. The zero-order valence-electron chi connectivity index (χ0n) is 12.5. The third-order valence-corrected chi connectivity index (χ3v) is 4.46. The zero-order chi connectivity index (χ0) is 14.4. The van der Waals surface area contributed by atoms with Gasteiger partial charge in [0.2, 0.25) is 0 Å². The lowest BCUT2D eigenvalue weighted by Gasteiger charge is -2.22. The maximum absolute atomic E-state index is 4.38. The number of benzene rings is 1. The fraction of sp³-hybridized carbons (Fsp3) is 0.438. The highest BCUT2D eigenvalue weighted by Crippen LogP contribution is 2.24. The molecule has 1 aromatic carbocycles. The third kappa shape index (κ3) is 3.81. The molecule has 0 spiro atoms. The second kappa shape index (κ2) is 7.41. The molecule has 0 saturated carbocycles. The predicted molar refractivity (Wildman–Crippen MR) is 87.2 cm³/mol. The van der Waals surface area contributed by atoms with Gasteiger partial charge in [-0.15, -0.1) is 11.3 Å². The molecule has 0 saturated heterocycles. The van der Waals surface area contributed by atoms with Crippen LogP contribution in [0.3, 0.4) is 0 Å². The molecule has 0 aliphatic carbocycles. The standard InChI is InChI=1S/C16H23N3S/c1-4-19(5-2)12-14-8-6-7-9-15(14)18-13(3)16-17-10-11-20-16/h6-11,13,18H,4-5,12H2,1-3H3. The molecule has 2 rings (SSSR count). The van der Waals surface area contributed by atoms with E-state index < -0.39 is 0 Å². The number of thiazole rings is 1. The number of para-hydroxylation sites is 1. The Morgan fingerprint density at radius 1 is 1.25 bits per heavy atom. The molecule has 3 nitrogen and oxygen atoms in total. The number of aromatic nitrogens is 1. The third-order valence-electron chi connectivity index (χ3n) is 3.50. The smallest absolute Gasteiger partial charge is 0.115 e. The number of hydrogen-bond donors (Lipinski definition) is 1. The Labute approximate surface area is 125 Å². The second-order valence-corrected chi connectivity index (χ2v) is 5.78. The van der Waals surface area contributed by atoms with Crippen molar-refractivity contribution in [3.05, 3.63) is 46.4 Å². The summed E-state index contributed by atoms with van der Waals surface area (Å²) in [6.07, 6.45) is 1.86. The van der Waals surface area contributed by atoms with Gasteiger partial charge < -0.3 is 5.32 Å². The predicted octanol–water partition coefficient (Wildman–Crippen LogP) is 4.16. The van der Waals surface area contributed by atoms with Gasteiger partial charge in [0.25, 0.3) is 0 Å². The van der Waals surface area contributed by atoms with Gasteiger partial charge >= 0.3 is 0 Å². The van der Waals surface area contributed by atoms with Gasteiger partial charge in [-0.2, -0.15) is 0 Å². The highest BCUT2D eigenvalue weighted by Gasteiger charge is 2.11. The molecule has 0 radical (unpaired) electrons. The van der Waals surface area contributed by atoms with E-state index in [0.717, 1.165) is 24.6 Å². The summed E-state index contributed by atoms with van der Waals surface area (Å²) in [5.74, 6) is 0. The van der Waals surface area contributed by atoms with Crippen molar-refractivity contribution in [1.29, 1.82) is 0 Å². The summed E-state index contributed by atoms with van der Waals surface area (Å²) >= 11 is 1.70. The van der Waals surface area contributed by atoms with Crippen molar-refractivity contribution >= 4 is 17.0 Å². The Bertz CT molecular complexity index is 506. The first-order valence-corrected chi connectivity index (χ1v) is 8.08. The zero-order valence-corrected chi connectivity index (χ0v) is 13.3. The van der Waals surface area contributed by atoms with Crippen molar-refractivity contribution < 1.29 is 0 Å². The van der Waals surface area contributed by atoms with Crippen molar-refractivity contribution in [3.8, 4) is 0 Å². The van der Waals surface area contributed by atoms with Crippen molar-refractivity contribution in [2.75, 3.05) is 18.4 Å². The Kier molecular flexibility index (Phi) is 5.56. The van der Waals surface area contributed by atoms with Crippen LogP contribution in [0.4, 0.5) is 5.69 Å². The molecule has 0 aliphatic heterocycles. The molecule has 0 bridgehead atoms. The molecule has 1 atom stereocenters. The summed E-state index contributed by atoms with van der Waals surface area (Å²) in [6.45, 7) is 9.71. The molecular formula is C16H23N3S. The van der Waals surface area contributed by atoms with E-state index in [0.29, 0.717) is 0 Å². The van der Waals surface area contributed by atoms with Crippen LogP contribution in [-0.2, 0) is 6.54 Å².